The van der Waals surface area contributed by atoms with Crippen molar-refractivity contribution in [3.05, 3.63) is 42.7 Å². The van der Waals surface area contributed by atoms with E-state index in [0.29, 0.717) is 5.41 Å². The van der Waals surface area contributed by atoms with E-state index in [4.69, 9.17) is 0 Å². The summed E-state index contributed by atoms with van der Waals surface area (Å²) in [4.78, 5) is 14.7. The largest absolute Gasteiger partial charge is 0.371 e. The molecule has 4 rings (SSSR count). The molecule has 1 N–H and O–H groups in total. The van der Waals surface area contributed by atoms with E-state index in [-0.39, 0.29) is 0 Å². The molecular weight excluding hydrogens is 308 g/mol. The normalized spacial score (nSPS) is 15.9. The summed E-state index contributed by atoms with van der Waals surface area (Å²) in [6.45, 7) is 11.2. The molecule has 2 aromatic heterocycles. The van der Waals surface area contributed by atoms with Crippen LogP contribution in [-0.2, 0) is 0 Å². The van der Waals surface area contributed by atoms with Crippen LogP contribution >= 0.6 is 0 Å². The van der Waals surface area contributed by atoms with Crippen LogP contribution in [-0.4, -0.2) is 28.0 Å². The maximum atomic E-state index is 4.69. The van der Waals surface area contributed by atoms with Gasteiger partial charge in [0, 0.05) is 30.5 Å². The molecule has 0 saturated carbocycles. The Morgan fingerprint density at radius 3 is 2.72 bits per heavy atom. The molecule has 0 unspecified atom stereocenters. The minimum atomic E-state index is 0.403. The fraction of sp³-hybridized carbons (Fsp3) is 0.429. The van der Waals surface area contributed by atoms with E-state index in [2.05, 4.69) is 71.8 Å². The zero-order valence-corrected chi connectivity index (χ0v) is 15.7. The van der Waals surface area contributed by atoms with E-state index in [1.807, 2.05) is 18.5 Å². The van der Waals surface area contributed by atoms with Gasteiger partial charge in [-0.3, -0.25) is 0 Å². The van der Waals surface area contributed by atoms with Crippen molar-refractivity contribution in [2.75, 3.05) is 18.0 Å². The van der Waals surface area contributed by atoms with Crippen molar-refractivity contribution < 1.29 is 0 Å². The Kier molecular flexibility index (Phi) is 5.07. The van der Waals surface area contributed by atoms with Crippen molar-refractivity contribution in [2.24, 2.45) is 5.41 Å². The first-order chi connectivity index (χ1) is 12.0. The minimum Gasteiger partial charge on any atom is -0.371 e. The third-order valence-electron chi connectivity index (χ3n) is 4.45. The van der Waals surface area contributed by atoms with E-state index < -0.39 is 0 Å². The van der Waals surface area contributed by atoms with Crippen LogP contribution in [0.25, 0.3) is 22.4 Å². The van der Waals surface area contributed by atoms with Crippen LogP contribution in [0.5, 0.6) is 0 Å². The molecule has 1 fully saturated rings. The number of aromatic nitrogens is 3. The maximum Gasteiger partial charge on any atom is 0.156 e. The number of aromatic amines is 1. The number of fused-ring (bicyclic) bond motifs is 1. The maximum absolute atomic E-state index is 4.69. The predicted molar refractivity (Wildman–Crippen MR) is 106 cm³/mol. The second-order valence-corrected chi connectivity index (χ2v) is 7.56. The van der Waals surface area contributed by atoms with Gasteiger partial charge in [-0.2, -0.15) is 0 Å². The van der Waals surface area contributed by atoms with Crippen molar-refractivity contribution >= 4 is 16.9 Å². The lowest BCUT2D eigenvalue weighted by Crippen LogP contribution is -2.22. The topological polar surface area (TPSA) is 44.8 Å². The van der Waals surface area contributed by atoms with Crippen LogP contribution in [0.4, 0.5) is 5.69 Å². The molecular formula is C21H28N4. The third-order valence-corrected chi connectivity index (χ3v) is 4.45. The van der Waals surface area contributed by atoms with Crippen LogP contribution in [0.2, 0.25) is 0 Å². The highest BCUT2D eigenvalue weighted by atomic mass is 15.2. The lowest BCUT2D eigenvalue weighted by atomic mass is 9.93. The van der Waals surface area contributed by atoms with Crippen LogP contribution < -0.4 is 4.90 Å². The molecule has 132 valence electrons. The van der Waals surface area contributed by atoms with Gasteiger partial charge in [0.15, 0.2) is 5.65 Å². The molecule has 1 saturated heterocycles. The highest BCUT2D eigenvalue weighted by Gasteiger charge is 2.29. The number of nitrogens with zero attached hydrogens (tertiary/aromatic N) is 3. The van der Waals surface area contributed by atoms with Crippen molar-refractivity contribution in [1.29, 1.82) is 0 Å². The molecule has 0 bridgehead atoms. The first-order valence-corrected chi connectivity index (χ1v) is 9.18. The summed E-state index contributed by atoms with van der Waals surface area (Å²) in [6.07, 6.45) is 6.20. The van der Waals surface area contributed by atoms with Gasteiger partial charge in [-0.1, -0.05) is 46.2 Å². The summed E-state index contributed by atoms with van der Waals surface area (Å²) < 4.78 is 0. The Hall–Kier alpha value is -2.36. The fourth-order valence-electron chi connectivity index (χ4n) is 3.16. The van der Waals surface area contributed by atoms with E-state index >= 15 is 0 Å². The summed E-state index contributed by atoms with van der Waals surface area (Å²) in [5.74, 6) is 0. The number of nitrogens with one attached hydrogen (secondary N) is 1. The molecule has 1 aromatic carbocycles. The Balaban J connectivity index is 0.000000569. The summed E-state index contributed by atoms with van der Waals surface area (Å²) in [5, 5.41) is 0. The zero-order chi connectivity index (χ0) is 17.9. The van der Waals surface area contributed by atoms with E-state index in [1.165, 1.54) is 18.5 Å². The summed E-state index contributed by atoms with van der Waals surface area (Å²) in [6, 6.07) is 10.6. The van der Waals surface area contributed by atoms with Crippen LogP contribution in [0.1, 0.15) is 40.5 Å². The highest BCUT2D eigenvalue weighted by molar-refractivity contribution is 5.75. The molecule has 25 heavy (non-hydrogen) atoms. The van der Waals surface area contributed by atoms with E-state index in [0.717, 1.165) is 35.5 Å². The van der Waals surface area contributed by atoms with Gasteiger partial charge in [0.05, 0.1) is 11.9 Å². The number of benzene rings is 1. The lowest BCUT2D eigenvalue weighted by Gasteiger charge is -2.22. The Labute approximate surface area is 150 Å². The van der Waals surface area contributed by atoms with Crippen molar-refractivity contribution in [1.82, 2.24) is 15.0 Å². The molecule has 0 atom stereocenters. The monoisotopic (exact) mass is 336 g/mol. The molecule has 1 aliphatic heterocycles. The smallest absolute Gasteiger partial charge is 0.156 e. The summed E-state index contributed by atoms with van der Waals surface area (Å²) in [5.41, 5.74) is 5.47. The zero-order valence-electron chi connectivity index (χ0n) is 15.7. The first-order valence-electron chi connectivity index (χ1n) is 9.18. The van der Waals surface area contributed by atoms with Gasteiger partial charge < -0.3 is 9.88 Å². The number of rotatable bonds is 2. The number of anilines is 1. The van der Waals surface area contributed by atoms with Gasteiger partial charge in [-0.05, 0) is 30.0 Å². The van der Waals surface area contributed by atoms with E-state index in [9.17, 15) is 0 Å². The quantitative estimate of drug-likeness (QED) is 0.692. The number of H-pyrrole nitrogens is 1. The molecule has 4 nitrogen and oxygen atoms in total. The van der Waals surface area contributed by atoms with Gasteiger partial charge >= 0.3 is 0 Å². The standard InChI is InChI=1S/C18H20N4.C3H8/c1-18(2)7-9-22(12-18)14-5-3-4-13(10-14)16-11-20-17-15(21-16)6-8-19-17;1-3-2/h3-6,8,10-11H,7,9,12H2,1-2H3,(H,19,20);3H2,1-2H3. The molecule has 0 spiro atoms. The summed E-state index contributed by atoms with van der Waals surface area (Å²) in [7, 11) is 0. The average molecular weight is 336 g/mol. The predicted octanol–water partition coefficient (Wildman–Crippen LogP) is 5.28. The lowest BCUT2D eigenvalue weighted by molar-refractivity contribution is 0.418. The third kappa shape index (κ3) is 4.01. The Morgan fingerprint density at radius 2 is 2.00 bits per heavy atom. The van der Waals surface area contributed by atoms with Gasteiger partial charge in [0.1, 0.15) is 5.52 Å². The molecule has 4 heteroatoms. The number of hydrogen-bond acceptors (Lipinski definition) is 3. The minimum absolute atomic E-state index is 0.403. The Morgan fingerprint density at radius 1 is 1.20 bits per heavy atom. The van der Waals surface area contributed by atoms with Gasteiger partial charge in [-0.25, -0.2) is 9.97 Å². The summed E-state index contributed by atoms with van der Waals surface area (Å²) >= 11 is 0. The van der Waals surface area contributed by atoms with Crippen molar-refractivity contribution in [3.8, 4) is 11.3 Å². The second-order valence-electron chi connectivity index (χ2n) is 7.56. The SMILES string of the molecule is CC1(C)CCN(c2cccc(-c3cnc4[nH]ccc4n3)c2)C1.CCC. The molecule has 3 aromatic rings. The van der Waals surface area contributed by atoms with Crippen LogP contribution in [0.15, 0.2) is 42.7 Å². The van der Waals surface area contributed by atoms with E-state index in [1.54, 1.807) is 0 Å². The number of hydrogen-bond donors (Lipinski definition) is 1. The molecule has 1 aliphatic rings. The van der Waals surface area contributed by atoms with Crippen molar-refractivity contribution in [3.63, 3.8) is 0 Å². The van der Waals surface area contributed by atoms with Crippen LogP contribution in [0, 0.1) is 5.41 Å². The molecule has 0 aliphatic carbocycles. The Bertz CT molecular complexity index is 835. The van der Waals surface area contributed by atoms with Gasteiger partial charge in [0.25, 0.3) is 0 Å². The molecule has 0 amide bonds. The average Bonchev–Trinajstić information content (AvgIpc) is 3.21. The first kappa shape index (κ1) is 17.5. The fourth-order valence-corrected chi connectivity index (χ4v) is 3.16. The van der Waals surface area contributed by atoms with Crippen molar-refractivity contribution in [2.45, 2.75) is 40.5 Å². The second kappa shape index (κ2) is 7.26. The molecule has 3 heterocycles. The van der Waals surface area contributed by atoms with Gasteiger partial charge in [-0.15, -0.1) is 0 Å². The highest BCUT2D eigenvalue weighted by Crippen LogP contribution is 2.33. The van der Waals surface area contributed by atoms with Gasteiger partial charge in [0.2, 0.25) is 0 Å². The molecule has 0 radical (unpaired) electrons. The van der Waals surface area contributed by atoms with Crippen LogP contribution in [0.3, 0.4) is 0 Å².